The van der Waals surface area contributed by atoms with Gasteiger partial charge in [-0.3, -0.25) is 4.79 Å². The van der Waals surface area contributed by atoms with E-state index in [1.54, 1.807) is 0 Å². The van der Waals surface area contributed by atoms with Crippen molar-refractivity contribution in [3.05, 3.63) is 24.3 Å². The van der Waals surface area contributed by atoms with Crippen LogP contribution < -0.4 is 5.32 Å². The molecule has 0 bridgehead atoms. The fraction of sp³-hybridized carbons (Fsp3) is 0.562. The number of alkyl halides is 3. The minimum atomic E-state index is -4.53. The maximum atomic E-state index is 12.6. The van der Waals surface area contributed by atoms with Crippen molar-refractivity contribution in [3.63, 3.8) is 0 Å². The molecule has 1 aliphatic heterocycles. The van der Waals surface area contributed by atoms with Crippen molar-refractivity contribution in [2.45, 2.75) is 43.4 Å². The average molecular weight is 394 g/mol. The van der Waals surface area contributed by atoms with Gasteiger partial charge in [-0.05, 0) is 38.0 Å². The van der Waals surface area contributed by atoms with Crippen LogP contribution in [0.2, 0.25) is 0 Å². The first-order valence-electron chi connectivity index (χ1n) is 8.19. The summed E-state index contributed by atoms with van der Waals surface area (Å²) in [6, 6.07) is 5.64. The Morgan fingerprint density at radius 3 is 2.54 bits per heavy atom. The quantitative estimate of drug-likeness (QED) is 0.805. The van der Waals surface area contributed by atoms with Crippen molar-refractivity contribution in [3.8, 4) is 0 Å². The van der Waals surface area contributed by atoms with Gasteiger partial charge in [-0.25, -0.2) is 8.42 Å². The highest BCUT2D eigenvalue weighted by Crippen LogP contribution is 2.23. The summed E-state index contributed by atoms with van der Waals surface area (Å²) in [7, 11) is -3.67. The van der Waals surface area contributed by atoms with Gasteiger partial charge in [-0.1, -0.05) is 12.5 Å². The van der Waals surface area contributed by atoms with E-state index in [-0.39, 0.29) is 10.6 Å². The smallest absolute Gasteiger partial charge is 0.359 e. The van der Waals surface area contributed by atoms with Crippen LogP contribution in [0.25, 0.3) is 0 Å². The molecule has 1 heterocycles. The lowest BCUT2D eigenvalue weighted by molar-refractivity contribution is -0.184. The molecule has 0 aliphatic carbocycles. The van der Waals surface area contributed by atoms with Crippen LogP contribution in [0.5, 0.6) is 0 Å². The van der Waals surface area contributed by atoms with Crippen molar-refractivity contribution >= 4 is 21.6 Å². The number of anilines is 1. The number of amides is 1. The minimum Gasteiger partial charge on any atom is -0.359 e. The van der Waals surface area contributed by atoms with Crippen LogP contribution in [-0.4, -0.2) is 50.6 Å². The summed E-state index contributed by atoms with van der Waals surface area (Å²) < 4.78 is 67.6. The Morgan fingerprint density at radius 1 is 1.27 bits per heavy atom. The number of carbonyl (C=O) groups is 1. The molecule has 0 unspecified atom stereocenters. The third-order valence-electron chi connectivity index (χ3n) is 3.92. The third kappa shape index (κ3) is 5.68. The maximum Gasteiger partial charge on any atom is 0.411 e. The number of carbonyl (C=O) groups excluding carboxylic acids is 1. The molecule has 1 fully saturated rings. The van der Waals surface area contributed by atoms with Gasteiger partial charge >= 0.3 is 6.18 Å². The van der Waals surface area contributed by atoms with E-state index in [2.05, 4.69) is 10.1 Å². The molecule has 1 amide bonds. The first-order valence-corrected chi connectivity index (χ1v) is 9.63. The molecule has 0 spiro atoms. The zero-order valence-electron chi connectivity index (χ0n) is 14.3. The highest BCUT2D eigenvalue weighted by atomic mass is 32.2. The van der Waals surface area contributed by atoms with E-state index in [9.17, 15) is 26.4 Å². The predicted octanol–water partition coefficient (Wildman–Crippen LogP) is 2.77. The van der Waals surface area contributed by atoms with Gasteiger partial charge in [0.1, 0.15) is 12.7 Å². The van der Waals surface area contributed by atoms with Gasteiger partial charge in [0.15, 0.2) is 0 Å². The van der Waals surface area contributed by atoms with Gasteiger partial charge in [-0.15, -0.1) is 0 Å². The zero-order valence-corrected chi connectivity index (χ0v) is 15.1. The minimum absolute atomic E-state index is 0.0288. The number of hydrogen-bond donors (Lipinski definition) is 1. The van der Waals surface area contributed by atoms with Crippen LogP contribution in [-0.2, 0) is 19.6 Å². The molecule has 1 aromatic carbocycles. The van der Waals surface area contributed by atoms with Crippen molar-refractivity contribution in [2.75, 3.05) is 25.0 Å². The van der Waals surface area contributed by atoms with Crippen LogP contribution in [0.4, 0.5) is 18.9 Å². The molecule has 0 aromatic heterocycles. The Morgan fingerprint density at radius 2 is 1.92 bits per heavy atom. The number of hydrogen-bond acceptors (Lipinski definition) is 4. The van der Waals surface area contributed by atoms with E-state index >= 15 is 0 Å². The second-order valence-electron chi connectivity index (χ2n) is 6.05. The van der Waals surface area contributed by atoms with E-state index in [0.717, 1.165) is 19.3 Å². The van der Waals surface area contributed by atoms with E-state index in [1.165, 1.54) is 35.5 Å². The molecule has 10 heteroatoms. The molecule has 0 radical (unpaired) electrons. The number of rotatable bonds is 6. The molecule has 1 N–H and O–H groups in total. The molecular weight excluding hydrogens is 373 g/mol. The Bertz CT molecular complexity index is 731. The van der Waals surface area contributed by atoms with Gasteiger partial charge < -0.3 is 10.1 Å². The summed E-state index contributed by atoms with van der Waals surface area (Å²) in [5.74, 6) is -0.790. The molecule has 0 saturated carbocycles. The summed E-state index contributed by atoms with van der Waals surface area (Å²) in [6.07, 6.45) is -3.29. The largest absolute Gasteiger partial charge is 0.411 e. The number of halogens is 3. The Labute approximate surface area is 150 Å². The lowest BCUT2D eigenvalue weighted by Crippen LogP contribution is -2.35. The number of ether oxygens (including phenoxy) is 1. The zero-order chi connectivity index (χ0) is 19.4. The second-order valence-corrected chi connectivity index (χ2v) is 7.99. The maximum absolute atomic E-state index is 12.6. The summed E-state index contributed by atoms with van der Waals surface area (Å²) in [4.78, 5) is 12.0. The normalized spacial score (nSPS) is 17.7. The van der Waals surface area contributed by atoms with Gasteiger partial charge in [0.25, 0.3) is 5.91 Å². The van der Waals surface area contributed by atoms with E-state index in [4.69, 9.17) is 0 Å². The van der Waals surface area contributed by atoms with Crippen LogP contribution in [0.1, 0.15) is 26.2 Å². The Balaban J connectivity index is 2.05. The summed E-state index contributed by atoms with van der Waals surface area (Å²) in [5.41, 5.74) is 0.176. The van der Waals surface area contributed by atoms with Crippen molar-refractivity contribution in [2.24, 2.45) is 0 Å². The number of piperidine rings is 1. The molecule has 26 heavy (non-hydrogen) atoms. The van der Waals surface area contributed by atoms with Crippen molar-refractivity contribution in [1.29, 1.82) is 0 Å². The molecule has 1 atom stereocenters. The van der Waals surface area contributed by atoms with Gasteiger partial charge in [0.2, 0.25) is 10.0 Å². The lowest BCUT2D eigenvalue weighted by atomic mass is 10.2. The topological polar surface area (TPSA) is 75.7 Å². The van der Waals surface area contributed by atoms with Crippen molar-refractivity contribution in [1.82, 2.24) is 4.31 Å². The van der Waals surface area contributed by atoms with Gasteiger partial charge in [0, 0.05) is 18.8 Å². The Kier molecular flexibility index (Phi) is 6.64. The average Bonchev–Trinajstić information content (AvgIpc) is 2.60. The SMILES string of the molecule is C[C@H](OCC(F)(F)F)C(=O)Nc1cccc(S(=O)(=O)N2CCCCC2)c1. The van der Waals surface area contributed by atoms with Crippen LogP contribution >= 0.6 is 0 Å². The number of sulfonamides is 1. The molecule has 1 aromatic rings. The summed E-state index contributed by atoms with van der Waals surface area (Å²) >= 11 is 0. The standard InChI is InChI=1S/C16H21F3N2O4S/c1-12(25-11-16(17,18)19)15(22)20-13-6-5-7-14(10-13)26(23,24)21-8-3-2-4-9-21/h5-7,10,12H,2-4,8-9,11H2,1H3,(H,20,22)/t12-/m0/s1. The fourth-order valence-electron chi connectivity index (χ4n) is 2.53. The number of benzene rings is 1. The second kappa shape index (κ2) is 8.36. The van der Waals surface area contributed by atoms with Crippen LogP contribution in [0.15, 0.2) is 29.2 Å². The summed E-state index contributed by atoms with van der Waals surface area (Å²) in [5, 5.41) is 2.38. The molecule has 1 aliphatic rings. The highest BCUT2D eigenvalue weighted by Gasteiger charge is 2.30. The number of nitrogens with zero attached hydrogens (tertiary/aromatic N) is 1. The summed E-state index contributed by atoms with van der Waals surface area (Å²) in [6.45, 7) is 0.544. The first kappa shape index (κ1) is 20.7. The molecule has 6 nitrogen and oxygen atoms in total. The van der Waals surface area contributed by atoms with Crippen LogP contribution in [0, 0.1) is 0 Å². The molecule has 2 rings (SSSR count). The van der Waals surface area contributed by atoms with E-state index in [0.29, 0.717) is 13.1 Å². The molecular formula is C16H21F3N2O4S. The van der Waals surface area contributed by atoms with E-state index < -0.39 is 34.8 Å². The van der Waals surface area contributed by atoms with Gasteiger partial charge in [0.05, 0.1) is 4.90 Å². The van der Waals surface area contributed by atoms with Crippen molar-refractivity contribution < 1.29 is 31.1 Å². The molecule has 1 saturated heterocycles. The monoisotopic (exact) mass is 394 g/mol. The third-order valence-corrected chi connectivity index (χ3v) is 5.82. The number of nitrogens with one attached hydrogen (secondary N) is 1. The fourth-order valence-corrected chi connectivity index (χ4v) is 4.09. The van der Waals surface area contributed by atoms with Gasteiger partial charge in [-0.2, -0.15) is 17.5 Å². The van der Waals surface area contributed by atoms with Crippen LogP contribution in [0.3, 0.4) is 0 Å². The predicted molar refractivity (Wildman–Crippen MR) is 89.2 cm³/mol. The first-order chi connectivity index (χ1) is 12.1. The Hall–Kier alpha value is -1.65. The highest BCUT2D eigenvalue weighted by molar-refractivity contribution is 7.89. The van der Waals surface area contributed by atoms with E-state index in [1.807, 2.05) is 0 Å². The molecule has 146 valence electrons. The lowest BCUT2D eigenvalue weighted by Gasteiger charge is -2.26.